The molecule has 0 saturated heterocycles. The van der Waals surface area contributed by atoms with Gasteiger partial charge in [-0.05, 0) is 67.3 Å². The number of hydrogen-bond acceptors (Lipinski definition) is 4. The predicted octanol–water partition coefficient (Wildman–Crippen LogP) is 3.37. The van der Waals surface area contributed by atoms with Gasteiger partial charge in [0.15, 0.2) is 5.96 Å². The Labute approximate surface area is 160 Å². The van der Waals surface area contributed by atoms with Gasteiger partial charge in [-0.2, -0.15) is 11.3 Å². The van der Waals surface area contributed by atoms with Crippen molar-refractivity contribution in [2.45, 2.75) is 39.4 Å². The van der Waals surface area contributed by atoms with E-state index in [9.17, 15) is 5.11 Å². The number of aliphatic hydroxyl groups excluding tert-OH is 1. The van der Waals surface area contributed by atoms with Crippen molar-refractivity contribution in [2.75, 3.05) is 19.6 Å². The van der Waals surface area contributed by atoms with Gasteiger partial charge in [0.05, 0.1) is 18.8 Å². The fourth-order valence-electron chi connectivity index (χ4n) is 2.45. The van der Waals surface area contributed by atoms with Crippen LogP contribution in [0.2, 0.25) is 0 Å². The number of benzene rings is 1. The Morgan fingerprint density at radius 2 is 2.12 bits per heavy atom. The summed E-state index contributed by atoms with van der Waals surface area (Å²) in [6, 6.07) is 9.69. The van der Waals surface area contributed by atoms with Crippen LogP contribution in [0.3, 0.4) is 0 Å². The molecule has 0 aliphatic heterocycles. The molecule has 0 saturated carbocycles. The van der Waals surface area contributed by atoms with E-state index in [0.717, 1.165) is 36.8 Å². The monoisotopic (exact) mass is 375 g/mol. The molecule has 1 aromatic carbocycles. The Balaban J connectivity index is 1.90. The molecule has 6 heteroatoms. The molecule has 2 aromatic rings. The van der Waals surface area contributed by atoms with Gasteiger partial charge < -0.3 is 20.5 Å². The summed E-state index contributed by atoms with van der Waals surface area (Å²) >= 11 is 1.71. The van der Waals surface area contributed by atoms with Crippen molar-refractivity contribution in [3.8, 4) is 5.75 Å². The number of aliphatic hydroxyl groups is 1. The van der Waals surface area contributed by atoms with Crippen molar-refractivity contribution < 1.29 is 9.84 Å². The van der Waals surface area contributed by atoms with E-state index in [1.54, 1.807) is 11.3 Å². The van der Waals surface area contributed by atoms with Crippen molar-refractivity contribution in [3.63, 3.8) is 0 Å². The summed E-state index contributed by atoms with van der Waals surface area (Å²) in [6.45, 7) is 7.86. The van der Waals surface area contributed by atoms with Gasteiger partial charge >= 0.3 is 0 Å². The molecule has 5 nitrogen and oxygen atoms in total. The maximum absolute atomic E-state index is 10.5. The van der Waals surface area contributed by atoms with Crippen LogP contribution in [0.1, 0.15) is 38.0 Å². The smallest absolute Gasteiger partial charge is 0.191 e. The van der Waals surface area contributed by atoms with Gasteiger partial charge in [-0.25, -0.2) is 0 Å². The molecule has 142 valence electrons. The van der Waals surface area contributed by atoms with Crippen LogP contribution in [0.25, 0.3) is 0 Å². The Morgan fingerprint density at radius 3 is 2.81 bits per heavy atom. The van der Waals surface area contributed by atoms with Gasteiger partial charge in [0.25, 0.3) is 0 Å². The van der Waals surface area contributed by atoms with Crippen LogP contribution in [-0.2, 0) is 6.42 Å². The van der Waals surface area contributed by atoms with E-state index in [0.29, 0.717) is 6.54 Å². The van der Waals surface area contributed by atoms with Crippen molar-refractivity contribution in [1.82, 2.24) is 10.6 Å². The molecule has 0 radical (unpaired) electrons. The van der Waals surface area contributed by atoms with Crippen LogP contribution in [0.5, 0.6) is 5.75 Å². The molecule has 3 N–H and O–H groups in total. The minimum Gasteiger partial charge on any atom is -0.491 e. The van der Waals surface area contributed by atoms with E-state index in [4.69, 9.17) is 4.74 Å². The number of ether oxygens (including phenoxy) is 1. The predicted molar refractivity (Wildman–Crippen MR) is 109 cm³/mol. The van der Waals surface area contributed by atoms with Gasteiger partial charge in [0.1, 0.15) is 5.75 Å². The largest absolute Gasteiger partial charge is 0.491 e. The maximum Gasteiger partial charge on any atom is 0.191 e. The molecule has 1 unspecified atom stereocenters. The third-order valence-electron chi connectivity index (χ3n) is 3.67. The van der Waals surface area contributed by atoms with Gasteiger partial charge in [-0.1, -0.05) is 12.1 Å². The first-order chi connectivity index (χ1) is 12.6. The van der Waals surface area contributed by atoms with E-state index < -0.39 is 6.10 Å². The van der Waals surface area contributed by atoms with E-state index in [1.807, 2.05) is 45.0 Å². The fraction of sp³-hybridized carbons (Fsp3) is 0.450. The Hall–Kier alpha value is -2.05. The molecule has 0 amide bonds. The third-order valence-corrected chi connectivity index (χ3v) is 4.40. The summed E-state index contributed by atoms with van der Waals surface area (Å²) in [5.74, 6) is 1.48. The molecule has 0 spiro atoms. The highest BCUT2D eigenvalue weighted by atomic mass is 32.1. The zero-order chi connectivity index (χ0) is 18.8. The molecule has 0 aliphatic carbocycles. The standard InChI is InChI=1S/C20H29N3O2S/c1-4-21-20(22-10-8-16-9-11-26-14-16)23-13-19(24)17-6-5-7-18(12-17)25-15(2)3/h5-7,9,11-12,14-15,19,24H,4,8,10,13H2,1-3H3,(H2,21,22,23). The van der Waals surface area contributed by atoms with E-state index in [-0.39, 0.29) is 6.10 Å². The second kappa shape index (κ2) is 10.8. The van der Waals surface area contributed by atoms with Crippen LogP contribution >= 0.6 is 11.3 Å². The highest BCUT2D eigenvalue weighted by molar-refractivity contribution is 7.07. The van der Waals surface area contributed by atoms with Crippen LogP contribution < -0.4 is 15.4 Å². The third kappa shape index (κ3) is 7.06. The number of aliphatic imine (C=N–C) groups is 1. The minimum absolute atomic E-state index is 0.105. The fourth-order valence-corrected chi connectivity index (χ4v) is 3.16. The molecule has 0 bridgehead atoms. The van der Waals surface area contributed by atoms with Crippen LogP contribution in [0, 0.1) is 0 Å². The first kappa shape index (κ1) is 20.3. The summed E-state index contributed by atoms with van der Waals surface area (Å²) in [4.78, 5) is 4.51. The molecule has 0 aliphatic rings. The second-order valence-corrected chi connectivity index (χ2v) is 7.06. The minimum atomic E-state index is -0.668. The first-order valence-corrected chi connectivity index (χ1v) is 10.0. The molecule has 1 atom stereocenters. The molecular weight excluding hydrogens is 346 g/mol. The Kier molecular flexibility index (Phi) is 8.44. The SMILES string of the molecule is CCNC(=NCC(O)c1cccc(OC(C)C)c1)NCCc1ccsc1. The second-order valence-electron chi connectivity index (χ2n) is 6.28. The quantitative estimate of drug-likeness (QED) is 0.464. The topological polar surface area (TPSA) is 65.9 Å². The lowest BCUT2D eigenvalue weighted by Gasteiger charge is -2.15. The number of rotatable bonds is 9. The zero-order valence-electron chi connectivity index (χ0n) is 15.7. The normalized spacial score (nSPS) is 12.9. The maximum atomic E-state index is 10.5. The number of hydrogen-bond donors (Lipinski definition) is 3. The number of nitrogens with one attached hydrogen (secondary N) is 2. The highest BCUT2D eigenvalue weighted by Gasteiger charge is 2.09. The lowest BCUT2D eigenvalue weighted by molar-refractivity contribution is 0.185. The zero-order valence-corrected chi connectivity index (χ0v) is 16.6. The van der Waals surface area contributed by atoms with Gasteiger partial charge in [0, 0.05) is 13.1 Å². The van der Waals surface area contributed by atoms with E-state index in [1.165, 1.54) is 5.56 Å². The van der Waals surface area contributed by atoms with Crippen molar-refractivity contribution in [3.05, 3.63) is 52.2 Å². The summed E-state index contributed by atoms with van der Waals surface area (Å²) in [7, 11) is 0. The van der Waals surface area contributed by atoms with E-state index >= 15 is 0 Å². The average molecular weight is 376 g/mol. The first-order valence-electron chi connectivity index (χ1n) is 9.06. The van der Waals surface area contributed by atoms with Crippen LogP contribution in [-0.4, -0.2) is 36.8 Å². The number of guanidine groups is 1. The van der Waals surface area contributed by atoms with E-state index in [2.05, 4.69) is 32.5 Å². The molecule has 1 heterocycles. The molecule has 1 aromatic heterocycles. The molecule has 26 heavy (non-hydrogen) atoms. The Morgan fingerprint density at radius 1 is 1.27 bits per heavy atom. The van der Waals surface area contributed by atoms with Crippen LogP contribution in [0.15, 0.2) is 46.1 Å². The summed E-state index contributed by atoms with van der Waals surface area (Å²) in [5, 5.41) is 21.2. The van der Waals surface area contributed by atoms with Crippen molar-refractivity contribution in [1.29, 1.82) is 0 Å². The summed E-state index contributed by atoms with van der Waals surface area (Å²) in [5.41, 5.74) is 2.13. The van der Waals surface area contributed by atoms with Gasteiger partial charge in [0.2, 0.25) is 0 Å². The number of thiophene rings is 1. The van der Waals surface area contributed by atoms with Gasteiger partial charge in [-0.3, -0.25) is 4.99 Å². The van der Waals surface area contributed by atoms with Crippen molar-refractivity contribution in [2.24, 2.45) is 4.99 Å². The molecule has 0 fully saturated rings. The highest BCUT2D eigenvalue weighted by Crippen LogP contribution is 2.20. The van der Waals surface area contributed by atoms with Crippen LogP contribution in [0.4, 0.5) is 0 Å². The van der Waals surface area contributed by atoms with Gasteiger partial charge in [-0.15, -0.1) is 0 Å². The lowest BCUT2D eigenvalue weighted by Crippen LogP contribution is -2.38. The summed E-state index contributed by atoms with van der Waals surface area (Å²) in [6.07, 6.45) is 0.386. The summed E-state index contributed by atoms with van der Waals surface area (Å²) < 4.78 is 5.69. The number of nitrogens with zero attached hydrogens (tertiary/aromatic N) is 1. The lowest BCUT2D eigenvalue weighted by atomic mass is 10.1. The molecular formula is C20H29N3O2S. The average Bonchev–Trinajstić information content (AvgIpc) is 3.12. The Bertz CT molecular complexity index is 671. The molecule has 2 rings (SSSR count). The van der Waals surface area contributed by atoms with Crippen molar-refractivity contribution >= 4 is 17.3 Å².